The molecule has 0 amide bonds. The molecule has 74 valence electrons. The zero-order valence-corrected chi connectivity index (χ0v) is 8.84. The van der Waals surface area contributed by atoms with Crippen molar-refractivity contribution in [1.29, 1.82) is 0 Å². The van der Waals surface area contributed by atoms with Crippen molar-refractivity contribution in [2.45, 2.75) is 26.4 Å². The molecule has 1 aromatic heterocycles. The lowest BCUT2D eigenvalue weighted by atomic mass is 9.81. The molecule has 2 atom stereocenters. The Labute approximate surface area is 82.8 Å². The van der Waals surface area contributed by atoms with E-state index in [2.05, 4.69) is 4.37 Å². The van der Waals surface area contributed by atoms with Crippen molar-refractivity contribution in [2.75, 3.05) is 6.54 Å². The van der Waals surface area contributed by atoms with Crippen LogP contribution >= 0.6 is 11.5 Å². The Hall–Kier alpha value is -0.450. The molecule has 3 nitrogen and oxygen atoms in total. The van der Waals surface area contributed by atoms with Gasteiger partial charge in [0.2, 0.25) is 0 Å². The number of aliphatic hydroxyl groups is 1. The average Bonchev–Trinajstić information content (AvgIpc) is 2.68. The molecule has 1 aromatic rings. The average molecular weight is 200 g/mol. The van der Waals surface area contributed by atoms with Gasteiger partial charge in [-0.15, -0.1) is 0 Å². The summed E-state index contributed by atoms with van der Waals surface area (Å²) in [7, 11) is 0. The first-order valence-electron chi connectivity index (χ1n) is 4.42. The second-order valence-electron chi connectivity index (χ2n) is 3.53. The van der Waals surface area contributed by atoms with Gasteiger partial charge in [-0.25, -0.2) is 4.37 Å². The van der Waals surface area contributed by atoms with Crippen molar-refractivity contribution in [3.05, 3.63) is 17.1 Å². The molecule has 4 heteroatoms. The zero-order valence-electron chi connectivity index (χ0n) is 8.03. The molecule has 0 aromatic carbocycles. The number of aromatic nitrogens is 1. The van der Waals surface area contributed by atoms with Crippen LogP contribution in [0.3, 0.4) is 0 Å². The standard InChI is InChI=1S/C9H16N2OS/c1-3-9(2,6-10)8(12)7-4-5-11-13-7/h4-5,8,12H,3,6,10H2,1-2H3. The molecule has 0 saturated carbocycles. The first kappa shape index (κ1) is 10.6. The summed E-state index contributed by atoms with van der Waals surface area (Å²) in [6.45, 7) is 4.52. The number of hydrogen-bond donors (Lipinski definition) is 2. The second-order valence-corrected chi connectivity index (χ2v) is 4.39. The molecule has 3 N–H and O–H groups in total. The second kappa shape index (κ2) is 4.17. The van der Waals surface area contributed by atoms with Crippen LogP contribution in [-0.2, 0) is 0 Å². The molecule has 2 unspecified atom stereocenters. The molecule has 1 rings (SSSR count). The van der Waals surface area contributed by atoms with E-state index in [1.165, 1.54) is 11.5 Å². The summed E-state index contributed by atoms with van der Waals surface area (Å²) in [4.78, 5) is 0.898. The maximum absolute atomic E-state index is 10.0. The van der Waals surface area contributed by atoms with Crippen LogP contribution in [0, 0.1) is 5.41 Å². The van der Waals surface area contributed by atoms with E-state index in [1.807, 2.05) is 19.9 Å². The van der Waals surface area contributed by atoms with E-state index in [-0.39, 0.29) is 5.41 Å². The molecular formula is C9H16N2OS. The van der Waals surface area contributed by atoms with Gasteiger partial charge in [-0.3, -0.25) is 0 Å². The van der Waals surface area contributed by atoms with Gasteiger partial charge in [0, 0.05) is 18.2 Å². The van der Waals surface area contributed by atoms with Crippen molar-refractivity contribution in [2.24, 2.45) is 11.1 Å². The van der Waals surface area contributed by atoms with Crippen molar-refractivity contribution in [1.82, 2.24) is 4.37 Å². The summed E-state index contributed by atoms with van der Waals surface area (Å²) in [5, 5.41) is 10.0. The Morgan fingerprint density at radius 1 is 1.77 bits per heavy atom. The minimum atomic E-state index is -0.491. The summed E-state index contributed by atoms with van der Waals surface area (Å²) >= 11 is 1.33. The van der Waals surface area contributed by atoms with Crippen molar-refractivity contribution >= 4 is 11.5 Å². The third kappa shape index (κ3) is 2.07. The Bertz CT molecular complexity index is 244. The third-order valence-corrected chi connectivity index (χ3v) is 3.46. The Kier molecular flexibility index (Phi) is 3.41. The van der Waals surface area contributed by atoms with Crippen LogP contribution in [0.15, 0.2) is 12.3 Å². The topological polar surface area (TPSA) is 59.1 Å². The molecule has 0 radical (unpaired) electrons. The quantitative estimate of drug-likeness (QED) is 0.775. The fourth-order valence-corrected chi connectivity index (χ4v) is 1.91. The molecule has 0 spiro atoms. The smallest absolute Gasteiger partial charge is 0.0963 e. The highest BCUT2D eigenvalue weighted by atomic mass is 32.1. The SMILES string of the molecule is CCC(C)(CN)C(O)c1ccns1. The van der Waals surface area contributed by atoms with E-state index >= 15 is 0 Å². The Balaban J connectivity index is 2.82. The van der Waals surface area contributed by atoms with E-state index in [4.69, 9.17) is 5.73 Å². The summed E-state index contributed by atoms with van der Waals surface area (Å²) in [5.74, 6) is 0. The molecule has 0 aliphatic rings. The Morgan fingerprint density at radius 3 is 2.85 bits per heavy atom. The summed E-state index contributed by atoms with van der Waals surface area (Å²) in [6, 6.07) is 1.85. The van der Waals surface area contributed by atoms with E-state index < -0.39 is 6.10 Å². The first-order valence-corrected chi connectivity index (χ1v) is 5.20. The van der Waals surface area contributed by atoms with Gasteiger partial charge in [0.05, 0.1) is 11.0 Å². The van der Waals surface area contributed by atoms with Gasteiger partial charge in [-0.1, -0.05) is 13.8 Å². The number of rotatable bonds is 4. The summed E-state index contributed by atoms with van der Waals surface area (Å²) in [5.41, 5.74) is 5.42. The van der Waals surface area contributed by atoms with Crippen LogP contribution in [0.2, 0.25) is 0 Å². The Morgan fingerprint density at radius 2 is 2.46 bits per heavy atom. The van der Waals surface area contributed by atoms with Gasteiger partial charge in [-0.2, -0.15) is 0 Å². The predicted molar refractivity (Wildman–Crippen MR) is 54.5 cm³/mol. The molecule has 1 heterocycles. The molecule has 0 aliphatic heterocycles. The highest BCUT2D eigenvalue weighted by Crippen LogP contribution is 2.36. The van der Waals surface area contributed by atoms with Crippen LogP contribution in [0.1, 0.15) is 31.2 Å². The molecule has 0 bridgehead atoms. The lowest BCUT2D eigenvalue weighted by Gasteiger charge is -2.31. The lowest BCUT2D eigenvalue weighted by Crippen LogP contribution is -2.32. The highest BCUT2D eigenvalue weighted by molar-refractivity contribution is 7.05. The van der Waals surface area contributed by atoms with Crippen LogP contribution < -0.4 is 5.73 Å². The van der Waals surface area contributed by atoms with Crippen LogP contribution in [-0.4, -0.2) is 16.0 Å². The molecule has 13 heavy (non-hydrogen) atoms. The number of hydrogen-bond acceptors (Lipinski definition) is 4. The molecule has 0 saturated heterocycles. The monoisotopic (exact) mass is 200 g/mol. The minimum Gasteiger partial charge on any atom is -0.387 e. The third-order valence-electron chi connectivity index (χ3n) is 2.66. The highest BCUT2D eigenvalue weighted by Gasteiger charge is 2.31. The fourth-order valence-electron chi connectivity index (χ4n) is 1.16. The van der Waals surface area contributed by atoms with Crippen LogP contribution in [0.5, 0.6) is 0 Å². The largest absolute Gasteiger partial charge is 0.387 e. The van der Waals surface area contributed by atoms with E-state index in [1.54, 1.807) is 6.20 Å². The number of nitrogens with two attached hydrogens (primary N) is 1. The number of nitrogens with zero attached hydrogens (tertiary/aromatic N) is 1. The lowest BCUT2D eigenvalue weighted by molar-refractivity contribution is 0.0420. The van der Waals surface area contributed by atoms with Crippen molar-refractivity contribution in [3.8, 4) is 0 Å². The molecule has 0 aliphatic carbocycles. The van der Waals surface area contributed by atoms with Gasteiger partial charge < -0.3 is 10.8 Å². The fraction of sp³-hybridized carbons (Fsp3) is 0.667. The van der Waals surface area contributed by atoms with Crippen molar-refractivity contribution < 1.29 is 5.11 Å². The number of aliphatic hydroxyl groups excluding tert-OH is 1. The molecular weight excluding hydrogens is 184 g/mol. The first-order chi connectivity index (χ1) is 6.14. The zero-order chi connectivity index (χ0) is 9.90. The van der Waals surface area contributed by atoms with Gasteiger partial charge >= 0.3 is 0 Å². The van der Waals surface area contributed by atoms with Gasteiger partial charge in [0.15, 0.2) is 0 Å². The van der Waals surface area contributed by atoms with Gasteiger partial charge in [0.25, 0.3) is 0 Å². The van der Waals surface area contributed by atoms with E-state index in [9.17, 15) is 5.11 Å². The molecule has 0 fully saturated rings. The minimum absolute atomic E-state index is 0.230. The maximum atomic E-state index is 10.0. The van der Waals surface area contributed by atoms with Gasteiger partial charge in [-0.05, 0) is 24.0 Å². The van der Waals surface area contributed by atoms with Crippen molar-refractivity contribution in [3.63, 3.8) is 0 Å². The summed E-state index contributed by atoms with van der Waals surface area (Å²) < 4.78 is 3.97. The normalized spacial score (nSPS) is 18.2. The van der Waals surface area contributed by atoms with E-state index in [0.29, 0.717) is 6.54 Å². The summed E-state index contributed by atoms with van der Waals surface area (Å²) in [6.07, 6.45) is 2.08. The van der Waals surface area contributed by atoms with Crippen LogP contribution in [0.4, 0.5) is 0 Å². The van der Waals surface area contributed by atoms with Gasteiger partial charge in [0.1, 0.15) is 0 Å². The maximum Gasteiger partial charge on any atom is 0.0963 e. The van der Waals surface area contributed by atoms with E-state index in [0.717, 1.165) is 11.3 Å². The predicted octanol–water partition coefficient (Wildman–Crippen LogP) is 1.55. The van der Waals surface area contributed by atoms with Crippen LogP contribution in [0.25, 0.3) is 0 Å².